The molecule has 5 rings (SSSR count). The molecule has 7 nitrogen and oxygen atoms in total. The molecular formula is C33H37Cl3N2O5. The molecule has 0 saturated carbocycles. The summed E-state index contributed by atoms with van der Waals surface area (Å²) in [7, 11) is 1.76. The van der Waals surface area contributed by atoms with E-state index in [-0.39, 0.29) is 25.4 Å². The first-order chi connectivity index (χ1) is 20.7. The highest BCUT2D eigenvalue weighted by Gasteiger charge is 2.35. The van der Waals surface area contributed by atoms with Crippen LogP contribution in [0.15, 0.2) is 72.8 Å². The fourth-order valence-electron chi connectivity index (χ4n) is 5.86. The van der Waals surface area contributed by atoms with E-state index in [1.165, 1.54) is 0 Å². The molecule has 43 heavy (non-hydrogen) atoms. The van der Waals surface area contributed by atoms with E-state index in [1.807, 2.05) is 72.8 Å². The number of carbonyl (C=O) groups is 1. The number of benzene rings is 3. The van der Waals surface area contributed by atoms with Crippen molar-refractivity contribution in [3.63, 3.8) is 0 Å². The maximum Gasteiger partial charge on any atom is 0.272 e. The van der Waals surface area contributed by atoms with Crippen LogP contribution in [0, 0.1) is 0 Å². The second kappa shape index (κ2) is 14.7. The number of rotatable bonds is 10. The fraction of sp³-hybridized carbons (Fsp3) is 0.424. The van der Waals surface area contributed by atoms with Gasteiger partial charge >= 0.3 is 0 Å². The Kier molecular flexibility index (Phi) is 11.0. The SMILES string of the molecule is COC[C@@H]1CCCN1C[C@@H]1C[C@H](c2ccc(CO)cc2)O[C@H](c2ccc(-c3ccccc3CNC(=O)C(Cl)(Cl)Cl)cc2)O1. The van der Waals surface area contributed by atoms with E-state index in [4.69, 9.17) is 49.0 Å². The zero-order valence-electron chi connectivity index (χ0n) is 24.1. The van der Waals surface area contributed by atoms with Gasteiger partial charge in [0.2, 0.25) is 0 Å². The molecule has 4 atom stereocenters. The summed E-state index contributed by atoms with van der Waals surface area (Å²) in [4.78, 5) is 14.6. The van der Waals surface area contributed by atoms with Crippen LogP contribution in [0.1, 0.15) is 53.9 Å². The van der Waals surface area contributed by atoms with Crippen molar-refractivity contribution in [2.75, 3.05) is 26.8 Å². The van der Waals surface area contributed by atoms with Crippen LogP contribution in [-0.4, -0.2) is 58.7 Å². The Morgan fingerprint density at radius 2 is 1.74 bits per heavy atom. The number of hydrogen-bond acceptors (Lipinski definition) is 6. The Bertz CT molecular complexity index is 1350. The number of amides is 1. The van der Waals surface area contributed by atoms with Crippen molar-refractivity contribution in [1.29, 1.82) is 0 Å². The van der Waals surface area contributed by atoms with E-state index in [0.717, 1.165) is 72.3 Å². The highest BCUT2D eigenvalue weighted by molar-refractivity contribution is 6.76. The Balaban J connectivity index is 1.35. The van der Waals surface area contributed by atoms with Crippen LogP contribution < -0.4 is 5.32 Å². The Hall–Kier alpha value is -2.20. The molecule has 3 aromatic carbocycles. The second-order valence-electron chi connectivity index (χ2n) is 11.1. The first kappa shape index (κ1) is 32.2. The summed E-state index contributed by atoms with van der Waals surface area (Å²) in [6.45, 7) is 2.79. The summed E-state index contributed by atoms with van der Waals surface area (Å²) < 4.78 is 16.6. The largest absolute Gasteiger partial charge is 0.392 e. The smallest absolute Gasteiger partial charge is 0.272 e. The Morgan fingerprint density at radius 1 is 1.02 bits per heavy atom. The number of likely N-dealkylation sites (tertiary alicyclic amines) is 1. The maximum atomic E-state index is 12.1. The first-order valence-electron chi connectivity index (χ1n) is 14.5. The van der Waals surface area contributed by atoms with Crippen LogP contribution in [0.2, 0.25) is 0 Å². The summed E-state index contributed by atoms with van der Waals surface area (Å²) in [5, 5.41) is 12.2. The Labute approximate surface area is 268 Å². The van der Waals surface area contributed by atoms with Crippen molar-refractivity contribution in [2.24, 2.45) is 0 Å². The minimum atomic E-state index is -2.02. The lowest BCUT2D eigenvalue weighted by molar-refractivity contribution is -0.253. The zero-order valence-corrected chi connectivity index (χ0v) is 26.3. The number of nitrogens with one attached hydrogen (secondary N) is 1. The second-order valence-corrected chi connectivity index (χ2v) is 13.3. The van der Waals surface area contributed by atoms with E-state index in [1.54, 1.807) is 7.11 Å². The number of alkyl halides is 3. The van der Waals surface area contributed by atoms with Gasteiger partial charge in [-0.15, -0.1) is 0 Å². The van der Waals surface area contributed by atoms with Crippen LogP contribution in [0.4, 0.5) is 0 Å². The first-order valence-corrected chi connectivity index (χ1v) is 15.7. The normalized spacial score (nSPS) is 22.9. The van der Waals surface area contributed by atoms with E-state index in [2.05, 4.69) is 10.2 Å². The van der Waals surface area contributed by atoms with Gasteiger partial charge in [-0.3, -0.25) is 9.69 Å². The van der Waals surface area contributed by atoms with Gasteiger partial charge in [0.05, 0.1) is 25.4 Å². The van der Waals surface area contributed by atoms with Gasteiger partial charge in [0.1, 0.15) is 0 Å². The molecule has 1 amide bonds. The zero-order chi connectivity index (χ0) is 30.4. The van der Waals surface area contributed by atoms with Crippen molar-refractivity contribution < 1.29 is 24.1 Å². The van der Waals surface area contributed by atoms with Crippen LogP contribution in [-0.2, 0) is 32.2 Å². The van der Waals surface area contributed by atoms with E-state index < -0.39 is 16.0 Å². The maximum absolute atomic E-state index is 12.1. The van der Waals surface area contributed by atoms with Crippen LogP contribution in [0.5, 0.6) is 0 Å². The quantitative estimate of drug-likeness (QED) is 0.245. The summed E-state index contributed by atoms with van der Waals surface area (Å²) in [5.74, 6) is -0.674. The molecule has 3 aromatic rings. The minimum absolute atomic E-state index is 0.00473. The number of halogens is 3. The van der Waals surface area contributed by atoms with E-state index in [0.29, 0.717) is 6.04 Å². The average Bonchev–Trinajstić information content (AvgIpc) is 3.46. The third-order valence-corrected chi connectivity index (χ3v) is 8.63. The van der Waals surface area contributed by atoms with Gasteiger partial charge in [0, 0.05) is 38.2 Å². The molecule has 0 radical (unpaired) electrons. The van der Waals surface area contributed by atoms with Crippen LogP contribution in [0.25, 0.3) is 11.1 Å². The number of nitrogens with zero attached hydrogens (tertiary/aromatic N) is 1. The predicted molar refractivity (Wildman–Crippen MR) is 169 cm³/mol. The number of aliphatic hydroxyl groups excluding tert-OH is 1. The topological polar surface area (TPSA) is 80.3 Å². The standard InChI is InChI=1S/C33H37Cl3N2O5/c1-41-21-27-6-4-16-38(27)19-28-17-30(24-10-8-22(20-39)9-11-24)43-31(42-28)25-14-12-23(13-15-25)29-7-3-2-5-26(29)18-37-32(40)33(34,35)36/h2-3,5,7-15,27-28,30-31,39H,4,6,16-21H2,1H3,(H,37,40)/t27-,28-,30+,31+/m0/s1. The fourth-order valence-corrected chi connectivity index (χ4v) is 6.06. The lowest BCUT2D eigenvalue weighted by Gasteiger charge is -2.38. The lowest BCUT2D eigenvalue weighted by Crippen LogP contribution is -2.42. The molecule has 2 aliphatic rings. The minimum Gasteiger partial charge on any atom is -0.392 e. The van der Waals surface area contributed by atoms with Crippen molar-refractivity contribution in [2.45, 2.75) is 60.7 Å². The predicted octanol–water partition coefficient (Wildman–Crippen LogP) is 6.49. The van der Waals surface area contributed by atoms with E-state index in [9.17, 15) is 9.90 Å². The summed E-state index contributed by atoms with van der Waals surface area (Å²) >= 11 is 17.1. The highest BCUT2D eigenvalue weighted by atomic mass is 35.6. The molecule has 2 N–H and O–H groups in total. The molecule has 0 bridgehead atoms. The molecular weight excluding hydrogens is 611 g/mol. The molecule has 0 aliphatic carbocycles. The van der Waals surface area contributed by atoms with Gasteiger partial charge in [-0.05, 0) is 47.2 Å². The van der Waals surface area contributed by atoms with Gasteiger partial charge in [0.15, 0.2) is 6.29 Å². The molecule has 2 saturated heterocycles. The summed E-state index contributed by atoms with van der Waals surface area (Å²) in [5.41, 5.74) is 5.68. The van der Waals surface area contributed by atoms with Crippen LogP contribution >= 0.6 is 34.8 Å². The molecule has 2 aliphatic heterocycles. The number of methoxy groups -OCH3 is 1. The number of carbonyl (C=O) groups excluding carboxylic acids is 1. The summed E-state index contributed by atoms with van der Waals surface area (Å²) in [6, 6.07) is 24.2. The molecule has 0 unspecified atom stereocenters. The van der Waals surface area contributed by atoms with Crippen LogP contribution in [0.3, 0.4) is 0 Å². The molecule has 2 heterocycles. The van der Waals surface area contributed by atoms with Crippen molar-refractivity contribution >= 4 is 40.7 Å². The molecule has 0 spiro atoms. The highest BCUT2D eigenvalue weighted by Crippen LogP contribution is 2.39. The lowest BCUT2D eigenvalue weighted by atomic mass is 9.97. The van der Waals surface area contributed by atoms with Gasteiger partial charge in [-0.25, -0.2) is 0 Å². The van der Waals surface area contributed by atoms with Gasteiger partial charge in [-0.2, -0.15) is 0 Å². The van der Waals surface area contributed by atoms with Crippen molar-refractivity contribution in [1.82, 2.24) is 10.2 Å². The van der Waals surface area contributed by atoms with Gasteiger partial charge in [-0.1, -0.05) is 108 Å². The average molecular weight is 648 g/mol. The third kappa shape index (κ3) is 8.29. The molecule has 2 fully saturated rings. The molecule has 10 heteroatoms. The van der Waals surface area contributed by atoms with Gasteiger partial charge in [0.25, 0.3) is 9.70 Å². The summed E-state index contributed by atoms with van der Waals surface area (Å²) in [6.07, 6.45) is 2.30. The molecule has 230 valence electrons. The van der Waals surface area contributed by atoms with Crippen molar-refractivity contribution in [3.8, 4) is 11.1 Å². The van der Waals surface area contributed by atoms with E-state index >= 15 is 0 Å². The Morgan fingerprint density at radius 3 is 2.44 bits per heavy atom. The van der Waals surface area contributed by atoms with Gasteiger partial charge < -0.3 is 24.6 Å². The number of hydrogen-bond donors (Lipinski definition) is 2. The number of ether oxygens (including phenoxy) is 3. The molecule has 0 aromatic heterocycles. The monoisotopic (exact) mass is 646 g/mol. The third-order valence-electron chi connectivity index (χ3n) is 8.12. The van der Waals surface area contributed by atoms with Crippen molar-refractivity contribution in [3.05, 3.63) is 95.1 Å². The number of aliphatic hydroxyl groups is 1.